The Hall–Kier alpha value is -3.51. The summed E-state index contributed by atoms with van der Waals surface area (Å²) in [6, 6.07) is 12.5. The van der Waals surface area contributed by atoms with Crippen LogP contribution >= 0.6 is 0 Å². The number of carbonyl (C=O) groups is 1. The predicted octanol–water partition coefficient (Wildman–Crippen LogP) is 4.83. The average molecular weight is 565 g/mol. The van der Waals surface area contributed by atoms with Gasteiger partial charge in [0, 0.05) is 32.7 Å². The Morgan fingerprint density at radius 3 is 2.15 bits per heavy atom. The number of anilines is 1. The number of rotatable bonds is 9. The van der Waals surface area contributed by atoms with Crippen LogP contribution in [0, 0.1) is 5.82 Å². The van der Waals surface area contributed by atoms with Gasteiger partial charge < -0.3 is 10.2 Å². The van der Waals surface area contributed by atoms with Crippen molar-refractivity contribution in [2.75, 3.05) is 25.5 Å². The first-order valence-corrected chi connectivity index (χ1v) is 13.6. The molecule has 0 radical (unpaired) electrons. The Morgan fingerprint density at radius 2 is 1.64 bits per heavy atom. The third-order valence-electron chi connectivity index (χ3n) is 6.60. The van der Waals surface area contributed by atoms with Crippen LogP contribution in [0.25, 0.3) is 11.3 Å². The van der Waals surface area contributed by atoms with Gasteiger partial charge >= 0.3 is 6.18 Å². The second kappa shape index (κ2) is 10.6. The van der Waals surface area contributed by atoms with Gasteiger partial charge in [0.2, 0.25) is 15.9 Å². The molecular formula is C27H28F4N4O3S. The summed E-state index contributed by atoms with van der Waals surface area (Å²) in [7, 11) is -0.529. The number of nitrogens with zero attached hydrogens (tertiary/aromatic N) is 3. The van der Waals surface area contributed by atoms with E-state index >= 15 is 0 Å². The summed E-state index contributed by atoms with van der Waals surface area (Å²) in [5.74, 6) is -0.498. The highest BCUT2D eigenvalue weighted by Crippen LogP contribution is 2.45. The highest BCUT2D eigenvalue weighted by molar-refractivity contribution is 7.89. The molecule has 208 valence electrons. The van der Waals surface area contributed by atoms with Crippen LogP contribution in [-0.4, -0.2) is 49.8 Å². The van der Waals surface area contributed by atoms with Crippen LogP contribution in [0.4, 0.5) is 23.4 Å². The molecule has 0 unspecified atom stereocenters. The minimum absolute atomic E-state index is 0.0469. The lowest BCUT2D eigenvalue weighted by atomic mass is 10.1. The molecule has 1 aromatic heterocycles. The highest BCUT2D eigenvalue weighted by Gasteiger charge is 2.58. The number of benzene rings is 2. The second-order valence-corrected chi connectivity index (χ2v) is 11.4. The van der Waals surface area contributed by atoms with Crippen molar-refractivity contribution in [1.29, 1.82) is 0 Å². The summed E-state index contributed by atoms with van der Waals surface area (Å²) in [4.78, 5) is 19.5. The summed E-state index contributed by atoms with van der Waals surface area (Å²) >= 11 is 0. The molecule has 0 atom stereocenters. The highest BCUT2D eigenvalue weighted by atomic mass is 32.2. The van der Waals surface area contributed by atoms with Gasteiger partial charge in [0.15, 0.2) is 0 Å². The first kappa shape index (κ1) is 28.5. The van der Waals surface area contributed by atoms with Crippen molar-refractivity contribution in [3.63, 3.8) is 0 Å². The van der Waals surface area contributed by atoms with E-state index in [0.717, 1.165) is 28.6 Å². The number of sulfonamides is 1. The molecule has 39 heavy (non-hydrogen) atoms. The number of halogens is 4. The van der Waals surface area contributed by atoms with Crippen LogP contribution in [0.3, 0.4) is 0 Å². The Bertz CT molecular complexity index is 1450. The molecule has 1 heterocycles. The van der Waals surface area contributed by atoms with E-state index in [0.29, 0.717) is 35.5 Å². The Kier molecular flexibility index (Phi) is 7.72. The minimum atomic E-state index is -4.46. The van der Waals surface area contributed by atoms with E-state index in [1.807, 2.05) is 0 Å². The van der Waals surface area contributed by atoms with Gasteiger partial charge in [-0.3, -0.25) is 4.79 Å². The number of hydrogen-bond donors (Lipinski definition) is 1. The normalized spacial score (nSPS) is 14.8. The lowest BCUT2D eigenvalue weighted by Crippen LogP contribution is -2.51. The molecule has 1 aliphatic rings. The van der Waals surface area contributed by atoms with Gasteiger partial charge in [-0.15, -0.1) is 0 Å². The molecule has 2 aromatic carbocycles. The Balaban J connectivity index is 1.56. The summed E-state index contributed by atoms with van der Waals surface area (Å²) in [5.41, 5.74) is -0.490. The molecular weight excluding hydrogens is 536 g/mol. The van der Waals surface area contributed by atoms with Crippen molar-refractivity contribution in [1.82, 2.24) is 14.6 Å². The van der Waals surface area contributed by atoms with Crippen LogP contribution in [0.2, 0.25) is 0 Å². The maximum absolute atomic E-state index is 13.3. The SMILES string of the molecule is CCN(C1(C(=O)NCc2cc(-c3ccc(C(F)(F)F)cc3)nc(N(C)C)c2)CC1)S(=O)(=O)c1ccc(F)cc1. The van der Waals surface area contributed by atoms with E-state index < -0.39 is 39.0 Å². The van der Waals surface area contributed by atoms with Crippen molar-refractivity contribution < 1.29 is 30.8 Å². The summed E-state index contributed by atoms with van der Waals surface area (Å²) < 4.78 is 80.0. The number of pyridine rings is 1. The Morgan fingerprint density at radius 1 is 1.03 bits per heavy atom. The molecule has 1 amide bonds. The van der Waals surface area contributed by atoms with Crippen molar-refractivity contribution in [2.24, 2.45) is 0 Å². The fraction of sp³-hybridized carbons (Fsp3) is 0.333. The fourth-order valence-corrected chi connectivity index (χ4v) is 6.17. The number of amides is 1. The Labute approximate surface area is 224 Å². The number of likely N-dealkylation sites (N-methyl/N-ethyl adjacent to an activating group) is 1. The first-order chi connectivity index (χ1) is 18.3. The molecule has 12 heteroatoms. The average Bonchev–Trinajstić information content (AvgIpc) is 3.68. The van der Waals surface area contributed by atoms with Crippen molar-refractivity contribution in [3.8, 4) is 11.3 Å². The molecule has 0 aliphatic heterocycles. The van der Waals surface area contributed by atoms with Crippen LogP contribution < -0.4 is 10.2 Å². The van der Waals surface area contributed by atoms with Crippen LogP contribution in [0.15, 0.2) is 65.6 Å². The quantitative estimate of drug-likeness (QED) is 0.377. The fourth-order valence-electron chi connectivity index (χ4n) is 4.37. The topological polar surface area (TPSA) is 82.6 Å². The summed E-state index contributed by atoms with van der Waals surface area (Å²) in [6.45, 7) is 1.73. The third-order valence-corrected chi connectivity index (χ3v) is 8.66. The zero-order chi connectivity index (χ0) is 28.6. The van der Waals surface area contributed by atoms with E-state index in [1.54, 1.807) is 38.1 Å². The number of nitrogens with one attached hydrogen (secondary N) is 1. The molecule has 4 rings (SSSR count). The van der Waals surface area contributed by atoms with Crippen molar-refractivity contribution in [2.45, 2.75) is 42.9 Å². The summed E-state index contributed by atoms with van der Waals surface area (Å²) in [5, 5.41) is 2.82. The lowest BCUT2D eigenvalue weighted by molar-refractivity contribution is -0.137. The first-order valence-electron chi connectivity index (χ1n) is 12.2. The molecule has 0 saturated heterocycles. The summed E-state index contributed by atoms with van der Waals surface area (Å²) in [6.07, 6.45) is -3.78. The van der Waals surface area contributed by atoms with Crippen molar-refractivity contribution in [3.05, 3.63) is 77.6 Å². The van der Waals surface area contributed by atoms with Crippen molar-refractivity contribution >= 4 is 21.7 Å². The van der Waals surface area contributed by atoms with Crippen LogP contribution in [-0.2, 0) is 27.5 Å². The molecule has 1 aliphatic carbocycles. The third kappa shape index (κ3) is 5.91. The molecule has 1 fully saturated rings. The van der Waals surface area contributed by atoms with E-state index in [1.165, 1.54) is 24.3 Å². The van der Waals surface area contributed by atoms with Gasteiger partial charge in [-0.2, -0.15) is 17.5 Å². The molecule has 0 spiro atoms. The monoisotopic (exact) mass is 564 g/mol. The van der Waals surface area contributed by atoms with E-state index in [2.05, 4.69) is 10.3 Å². The number of hydrogen-bond acceptors (Lipinski definition) is 5. The molecule has 0 bridgehead atoms. The number of carbonyl (C=O) groups excluding carboxylic acids is 1. The second-order valence-electron chi connectivity index (χ2n) is 9.53. The largest absolute Gasteiger partial charge is 0.416 e. The molecule has 7 nitrogen and oxygen atoms in total. The van der Waals surface area contributed by atoms with Gasteiger partial charge in [-0.05, 0) is 66.9 Å². The van der Waals surface area contributed by atoms with Crippen LogP contribution in [0.1, 0.15) is 30.9 Å². The van der Waals surface area contributed by atoms with Gasteiger partial charge in [0.05, 0.1) is 16.2 Å². The molecule has 1 N–H and O–H groups in total. The standard InChI is InChI=1S/C27H28F4N4O3S/c1-4-35(39(37,38)22-11-9-21(28)10-12-22)26(13-14-26)25(36)32-17-18-15-23(33-24(16-18)34(2)3)19-5-7-20(8-6-19)27(29,30)31/h5-12,15-16H,4,13-14,17H2,1-3H3,(H,32,36). The molecule has 1 saturated carbocycles. The van der Waals surface area contributed by atoms with Gasteiger partial charge in [-0.25, -0.2) is 17.8 Å². The predicted molar refractivity (Wildman–Crippen MR) is 139 cm³/mol. The van der Waals surface area contributed by atoms with Gasteiger partial charge in [0.25, 0.3) is 0 Å². The van der Waals surface area contributed by atoms with E-state index in [9.17, 15) is 30.8 Å². The lowest BCUT2D eigenvalue weighted by Gasteiger charge is -2.29. The zero-order valence-corrected chi connectivity index (χ0v) is 22.4. The maximum atomic E-state index is 13.3. The number of aromatic nitrogens is 1. The minimum Gasteiger partial charge on any atom is -0.363 e. The smallest absolute Gasteiger partial charge is 0.363 e. The van der Waals surface area contributed by atoms with Gasteiger partial charge in [-0.1, -0.05) is 19.1 Å². The number of alkyl halides is 3. The maximum Gasteiger partial charge on any atom is 0.416 e. The van der Waals surface area contributed by atoms with Gasteiger partial charge in [0.1, 0.15) is 17.2 Å². The molecule has 3 aromatic rings. The van der Waals surface area contributed by atoms with Crippen LogP contribution in [0.5, 0.6) is 0 Å². The van der Waals surface area contributed by atoms with E-state index in [4.69, 9.17) is 0 Å². The zero-order valence-electron chi connectivity index (χ0n) is 21.6. The van der Waals surface area contributed by atoms with E-state index in [-0.39, 0.29) is 18.0 Å².